The molecular formula is C14H21N3O. The Kier molecular flexibility index (Phi) is 3.10. The quantitative estimate of drug-likeness (QED) is 0.839. The zero-order valence-corrected chi connectivity index (χ0v) is 11.1. The third-order valence-electron chi connectivity index (χ3n) is 3.88. The van der Waals surface area contributed by atoms with Gasteiger partial charge in [-0.1, -0.05) is 0 Å². The van der Waals surface area contributed by atoms with Crippen LogP contribution in [0.15, 0.2) is 6.33 Å². The van der Waals surface area contributed by atoms with Crippen molar-refractivity contribution >= 4 is 5.82 Å². The van der Waals surface area contributed by atoms with E-state index in [0.717, 1.165) is 23.2 Å². The van der Waals surface area contributed by atoms with Gasteiger partial charge in [-0.2, -0.15) is 0 Å². The van der Waals surface area contributed by atoms with E-state index in [1.165, 1.54) is 25.7 Å². The average molecular weight is 247 g/mol. The molecule has 2 fully saturated rings. The zero-order chi connectivity index (χ0) is 12.5. The first-order valence-electron chi connectivity index (χ1n) is 7.00. The van der Waals surface area contributed by atoms with Crippen molar-refractivity contribution in [2.45, 2.75) is 45.6 Å². The van der Waals surface area contributed by atoms with Crippen molar-refractivity contribution in [1.29, 1.82) is 0 Å². The molecule has 1 heterocycles. The topological polar surface area (TPSA) is 47.0 Å². The Balaban J connectivity index is 1.76. The van der Waals surface area contributed by atoms with E-state index in [1.807, 2.05) is 13.8 Å². The smallest absolute Gasteiger partial charge is 0.221 e. The van der Waals surface area contributed by atoms with Gasteiger partial charge in [-0.25, -0.2) is 9.97 Å². The van der Waals surface area contributed by atoms with E-state index >= 15 is 0 Å². The zero-order valence-electron chi connectivity index (χ0n) is 11.1. The van der Waals surface area contributed by atoms with Crippen molar-refractivity contribution < 1.29 is 4.74 Å². The van der Waals surface area contributed by atoms with Crippen LogP contribution in [0.2, 0.25) is 0 Å². The van der Waals surface area contributed by atoms with E-state index in [2.05, 4.69) is 15.3 Å². The maximum Gasteiger partial charge on any atom is 0.221 e. The molecule has 0 unspecified atom stereocenters. The Hall–Kier alpha value is -1.32. The summed E-state index contributed by atoms with van der Waals surface area (Å²) in [6.45, 7) is 4.65. The summed E-state index contributed by atoms with van der Waals surface area (Å²) in [7, 11) is 0. The third-order valence-corrected chi connectivity index (χ3v) is 3.88. The van der Waals surface area contributed by atoms with Gasteiger partial charge in [0.1, 0.15) is 12.1 Å². The molecule has 2 aliphatic rings. The summed E-state index contributed by atoms with van der Waals surface area (Å²) >= 11 is 0. The van der Waals surface area contributed by atoms with Gasteiger partial charge in [0.2, 0.25) is 5.88 Å². The van der Waals surface area contributed by atoms with Gasteiger partial charge in [0.05, 0.1) is 12.2 Å². The predicted molar refractivity (Wildman–Crippen MR) is 70.8 cm³/mol. The molecule has 1 N–H and O–H groups in total. The van der Waals surface area contributed by atoms with Crippen LogP contribution < -0.4 is 10.1 Å². The molecule has 2 saturated carbocycles. The number of hydrogen-bond acceptors (Lipinski definition) is 4. The lowest BCUT2D eigenvalue weighted by atomic mass is 10.1. The van der Waals surface area contributed by atoms with Gasteiger partial charge >= 0.3 is 0 Å². The first kappa shape index (κ1) is 11.8. The monoisotopic (exact) mass is 247 g/mol. The molecule has 4 heteroatoms. The molecule has 4 nitrogen and oxygen atoms in total. The first-order chi connectivity index (χ1) is 8.79. The summed E-state index contributed by atoms with van der Waals surface area (Å²) in [6.07, 6.45) is 7.08. The molecule has 1 aromatic heterocycles. The van der Waals surface area contributed by atoms with Crippen LogP contribution in [0.1, 0.15) is 38.2 Å². The molecule has 18 heavy (non-hydrogen) atoms. The summed E-state index contributed by atoms with van der Waals surface area (Å²) in [5, 5.41) is 3.64. The molecule has 98 valence electrons. The second kappa shape index (κ2) is 4.75. The standard InChI is InChI=1S/C14H21N3O/c1-3-18-14-9(2)13(15-8-16-14)17-12(10-4-5-10)11-6-7-11/h8,10-12H,3-7H2,1-2H3,(H,15,16,17). The van der Waals surface area contributed by atoms with Crippen molar-refractivity contribution in [2.75, 3.05) is 11.9 Å². The van der Waals surface area contributed by atoms with Crippen molar-refractivity contribution in [2.24, 2.45) is 11.8 Å². The van der Waals surface area contributed by atoms with Gasteiger partial charge < -0.3 is 10.1 Å². The van der Waals surface area contributed by atoms with Crippen molar-refractivity contribution in [1.82, 2.24) is 9.97 Å². The third kappa shape index (κ3) is 2.42. The van der Waals surface area contributed by atoms with Crippen LogP contribution in [0.5, 0.6) is 5.88 Å². The normalized spacial score (nSPS) is 19.1. The van der Waals surface area contributed by atoms with Gasteiger partial charge in [0.25, 0.3) is 0 Å². The molecule has 0 aliphatic heterocycles. The molecule has 0 amide bonds. The number of hydrogen-bond donors (Lipinski definition) is 1. The molecule has 0 aromatic carbocycles. The number of aromatic nitrogens is 2. The molecule has 0 bridgehead atoms. The van der Waals surface area contributed by atoms with Gasteiger partial charge in [0.15, 0.2) is 0 Å². The number of anilines is 1. The second-order valence-corrected chi connectivity index (χ2v) is 5.43. The highest BCUT2D eigenvalue weighted by Gasteiger charge is 2.41. The Morgan fingerprint density at radius 2 is 1.94 bits per heavy atom. The molecular weight excluding hydrogens is 226 g/mol. The molecule has 1 aromatic rings. The van der Waals surface area contributed by atoms with E-state index in [0.29, 0.717) is 18.5 Å². The van der Waals surface area contributed by atoms with Crippen molar-refractivity contribution in [3.63, 3.8) is 0 Å². The lowest BCUT2D eigenvalue weighted by Gasteiger charge is -2.20. The van der Waals surface area contributed by atoms with Crippen LogP contribution in [-0.2, 0) is 0 Å². The fourth-order valence-electron chi connectivity index (χ4n) is 2.55. The van der Waals surface area contributed by atoms with E-state index in [1.54, 1.807) is 6.33 Å². The minimum atomic E-state index is 0.619. The number of ether oxygens (including phenoxy) is 1. The Morgan fingerprint density at radius 3 is 2.50 bits per heavy atom. The fraction of sp³-hybridized carbons (Fsp3) is 0.714. The van der Waals surface area contributed by atoms with Crippen molar-refractivity contribution in [3.8, 4) is 5.88 Å². The summed E-state index contributed by atoms with van der Waals surface area (Å²) in [5.41, 5.74) is 1.03. The average Bonchev–Trinajstić information content (AvgIpc) is 3.24. The highest BCUT2D eigenvalue weighted by molar-refractivity contribution is 5.48. The van der Waals surface area contributed by atoms with Gasteiger partial charge in [0, 0.05) is 6.04 Å². The fourth-order valence-corrected chi connectivity index (χ4v) is 2.55. The Bertz CT molecular complexity index is 415. The van der Waals surface area contributed by atoms with Crippen LogP contribution >= 0.6 is 0 Å². The lowest BCUT2D eigenvalue weighted by molar-refractivity contribution is 0.323. The van der Waals surface area contributed by atoms with Crippen molar-refractivity contribution in [3.05, 3.63) is 11.9 Å². The van der Waals surface area contributed by atoms with E-state index in [-0.39, 0.29) is 0 Å². The largest absolute Gasteiger partial charge is 0.478 e. The van der Waals surface area contributed by atoms with E-state index in [4.69, 9.17) is 4.74 Å². The van der Waals surface area contributed by atoms with Crippen LogP contribution in [0, 0.1) is 18.8 Å². The summed E-state index contributed by atoms with van der Waals surface area (Å²) in [4.78, 5) is 8.56. The molecule has 3 rings (SSSR count). The van der Waals surface area contributed by atoms with E-state index in [9.17, 15) is 0 Å². The maximum atomic E-state index is 5.52. The van der Waals surface area contributed by atoms with Gasteiger partial charge in [-0.05, 0) is 51.4 Å². The summed E-state index contributed by atoms with van der Waals surface area (Å²) < 4.78 is 5.52. The lowest BCUT2D eigenvalue weighted by Crippen LogP contribution is -2.25. The molecule has 0 radical (unpaired) electrons. The maximum absolute atomic E-state index is 5.52. The minimum Gasteiger partial charge on any atom is -0.478 e. The highest BCUT2D eigenvalue weighted by Crippen LogP contribution is 2.46. The Labute approximate surface area is 108 Å². The summed E-state index contributed by atoms with van der Waals surface area (Å²) in [6, 6.07) is 0.619. The summed E-state index contributed by atoms with van der Waals surface area (Å²) in [5.74, 6) is 3.39. The van der Waals surface area contributed by atoms with Crippen LogP contribution in [0.25, 0.3) is 0 Å². The molecule has 0 atom stereocenters. The van der Waals surface area contributed by atoms with Crippen LogP contribution in [-0.4, -0.2) is 22.6 Å². The number of nitrogens with zero attached hydrogens (tertiary/aromatic N) is 2. The minimum absolute atomic E-state index is 0.619. The van der Waals surface area contributed by atoms with Crippen LogP contribution in [0.4, 0.5) is 5.82 Å². The van der Waals surface area contributed by atoms with Gasteiger partial charge in [-0.15, -0.1) is 0 Å². The number of rotatable bonds is 6. The highest BCUT2D eigenvalue weighted by atomic mass is 16.5. The second-order valence-electron chi connectivity index (χ2n) is 5.43. The Morgan fingerprint density at radius 1 is 1.28 bits per heavy atom. The number of nitrogens with one attached hydrogen (secondary N) is 1. The van der Waals surface area contributed by atoms with Gasteiger partial charge in [-0.3, -0.25) is 0 Å². The van der Waals surface area contributed by atoms with E-state index < -0.39 is 0 Å². The SMILES string of the molecule is CCOc1ncnc(NC(C2CC2)C2CC2)c1C. The van der Waals surface area contributed by atoms with Crippen LogP contribution in [0.3, 0.4) is 0 Å². The molecule has 0 saturated heterocycles. The molecule has 2 aliphatic carbocycles. The predicted octanol–water partition coefficient (Wildman–Crippen LogP) is 2.78. The molecule has 0 spiro atoms. The first-order valence-corrected chi connectivity index (χ1v) is 7.00.